The molecule has 1 rings (SSSR count). The van der Waals surface area contributed by atoms with Crippen LogP contribution < -0.4 is 10.9 Å². The zero-order chi connectivity index (χ0) is 8.43. The van der Waals surface area contributed by atoms with Crippen molar-refractivity contribution in [2.45, 2.75) is 0 Å². The number of aromatic nitrogens is 2. The number of halogens is 1. The lowest BCUT2D eigenvalue weighted by molar-refractivity contribution is 0.894. The summed E-state index contributed by atoms with van der Waals surface area (Å²) in [4.78, 5) is 11.2. The number of hydrogen-bond acceptors (Lipinski definition) is 3. The summed E-state index contributed by atoms with van der Waals surface area (Å²) in [6, 6.07) is 0. The summed E-state index contributed by atoms with van der Waals surface area (Å²) >= 11 is 3.79. The Morgan fingerprint density at radius 2 is 2.45 bits per heavy atom. The molecule has 1 aromatic rings. The quantitative estimate of drug-likeness (QED) is 0.660. The molecule has 1 N–H and O–H groups in total. The molecule has 0 atom stereocenters. The van der Waals surface area contributed by atoms with E-state index in [1.165, 1.54) is 3.67 Å². The smallest absolute Gasteiger partial charge is 0.386 e. The maximum Gasteiger partial charge on any atom is 0.404 e. The van der Waals surface area contributed by atoms with Gasteiger partial charge in [0, 0.05) is 7.05 Å². The highest BCUT2D eigenvalue weighted by Gasteiger charge is 2.02. The number of nitrogens with one attached hydrogen (secondary N) is 1. The number of nitrogens with zero attached hydrogens (tertiary/aromatic N) is 2. The minimum absolute atomic E-state index is 0.0801. The Bertz CT molecular complexity index is 324. The number of anilines is 1. The van der Waals surface area contributed by atoms with Crippen LogP contribution in [0.5, 0.6) is 0 Å². The standard InChI is InChI=1S/C5H6BrN3O.Al.2H/c1-7-3-2-8-9-5(10)4(3)6;;;/h2H,1H3,(H2,7,9,10);;;/q;+1;;/p-1. The second kappa shape index (κ2) is 3.39. The zero-order valence-corrected chi connectivity index (χ0v) is 9.84. The first kappa shape index (κ1) is 8.79. The van der Waals surface area contributed by atoms with Gasteiger partial charge in [0.05, 0.1) is 11.9 Å². The van der Waals surface area contributed by atoms with E-state index in [-0.39, 0.29) is 5.56 Å². The molecule has 1 heterocycles. The fourth-order valence-electron chi connectivity index (χ4n) is 0.685. The second-order valence-corrected chi connectivity index (χ2v) is 3.69. The van der Waals surface area contributed by atoms with Crippen molar-refractivity contribution < 1.29 is 0 Å². The molecule has 0 fully saturated rings. The van der Waals surface area contributed by atoms with E-state index in [0.29, 0.717) is 21.0 Å². The summed E-state index contributed by atoms with van der Waals surface area (Å²) < 4.78 is 1.95. The minimum atomic E-state index is -0.0801. The fourth-order valence-corrected chi connectivity index (χ4v) is 1.91. The van der Waals surface area contributed by atoms with E-state index in [4.69, 9.17) is 0 Å². The van der Waals surface area contributed by atoms with Gasteiger partial charge in [0.15, 0.2) is 0 Å². The van der Waals surface area contributed by atoms with E-state index < -0.39 is 0 Å². The van der Waals surface area contributed by atoms with Gasteiger partial charge in [0.25, 0.3) is 5.56 Å². The Hall–Kier alpha value is -0.308. The fraction of sp³-hybridized carbons (Fsp3) is 0.200. The maximum atomic E-state index is 11.2. The van der Waals surface area contributed by atoms with Gasteiger partial charge in [-0.3, -0.25) is 4.79 Å². The molecule has 0 saturated carbocycles. The molecule has 0 spiro atoms. The van der Waals surface area contributed by atoms with Gasteiger partial charge < -0.3 is 8.98 Å². The van der Waals surface area contributed by atoms with Gasteiger partial charge in [0.2, 0.25) is 0 Å². The normalized spacial score (nSPS) is 9.64. The first-order valence-electron chi connectivity index (χ1n) is 3.06. The first-order valence-corrected chi connectivity index (χ1v) is 4.75. The van der Waals surface area contributed by atoms with Gasteiger partial charge in [-0.2, -0.15) is 0 Å². The molecular weight excluding hydrogens is 225 g/mol. The average molecular weight is 232 g/mol. The van der Waals surface area contributed by atoms with Crippen molar-refractivity contribution in [1.29, 1.82) is 0 Å². The summed E-state index contributed by atoms with van der Waals surface area (Å²) in [5, 5.41) is 6.74. The van der Waals surface area contributed by atoms with Crippen LogP contribution >= 0.6 is 15.9 Å². The molecule has 0 unspecified atom stereocenters. The molecule has 0 saturated heterocycles. The lowest BCUT2D eigenvalue weighted by atomic mass is 10.5. The summed E-state index contributed by atoms with van der Waals surface area (Å²) in [7, 11) is 1.75. The number of rotatable bonds is 1. The third-order valence-corrected chi connectivity index (χ3v) is 2.75. The molecule has 0 aliphatic rings. The SMILES string of the molecule is CNc1cn[n]([AlH2])c(=O)c1Br. The van der Waals surface area contributed by atoms with E-state index in [2.05, 4.69) is 26.3 Å². The highest BCUT2D eigenvalue weighted by atomic mass is 79.9. The van der Waals surface area contributed by atoms with Crippen LogP contribution in [0.3, 0.4) is 0 Å². The van der Waals surface area contributed by atoms with Crippen molar-refractivity contribution in [1.82, 2.24) is 8.76 Å². The lowest BCUT2D eigenvalue weighted by Gasteiger charge is -2.03. The molecule has 58 valence electrons. The van der Waals surface area contributed by atoms with Crippen molar-refractivity contribution in [3.05, 3.63) is 21.0 Å². The van der Waals surface area contributed by atoms with E-state index in [1.807, 2.05) is 0 Å². The van der Waals surface area contributed by atoms with Crippen LogP contribution in [0.15, 0.2) is 15.5 Å². The van der Waals surface area contributed by atoms with E-state index >= 15 is 0 Å². The molecule has 6 heteroatoms. The monoisotopic (exact) mass is 231 g/mol. The third-order valence-electron chi connectivity index (χ3n) is 1.35. The number of hydrogen-bond donors (Lipinski definition) is 1. The Morgan fingerprint density at radius 1 is 1.82 bits per heavy atom. The van der Waals surface area contributed by atoms with Crippen LogP contribution in [0.4, 0.5) is 5.69 Å². The molecule has 4 nitrogen and oxygen atoms in total. The lowest BCUT2D eigenvalue weighted by Crippen LogP contribution is -2.22. The summed E-state index contributed by atoms with van der Waals surface area (Å²) in [6.45, 7) is 0. The third kappa shape index (κ3) is 1.64. The van der Waals surface area contributed by atoms with Gasteiger partial charge >= 0.3 is 16.5 Å². The molecule has 0 aliphatic heterocycles. The zero-order valence-electron chi connectivity index (χ0n) is 6.26. The van der Waals surface area contributed by atoms with Crippen LogP contribution in [-0.4, -0.2) is 32.3 Å². The van der Waals surface area contributed by atoms with Gasteiger partial charge in [0.1, 0.15) is 4.47 Å². The topological polar surface area (TPSA) is 46.9 Å². The highest BCUT2D eigenvalue weighted by molar-refractivity contribution is 9.10. The van der Waals surface area contributed by atoms with E-state index in [0.717, 1.165) is 5.69 Å². The van der Waals surface area contributed by atoms with Gasteiger partial charge in [-0.25, -0.2) is 5.10 Å². The second-order valence-electron chi connectivity index (χ2n) is 2.05. The van der Waals surface area contributed by atoms with E-state index in [9.17, 15) is 4.79 Å². The molecule has 0 radical (unpaired) electrons. The molecule has 0 aliphatic carbocycles. The van der Waals surface area contributed by atoms with Crippen LogP contribution in [0.2, 0.25) is 0 Å². The van der Waals surface area contributed by atoms with Crippen molar-refractivity contribution in [3.8, 4) is 0 Å². The molecule has 11 heavy (non-hydrogen) atoms. The molecular formula is C5H7AlBrN3O. The van der Waals surface area contributed by atoms with Gasteiger partial charge in [-0.1, -0.05) is 0 Å². The minimum Gasteiger partial charge on any atom is -0.386 e. The van der Waals surface area contributed by atoms with Crippen LogP contribution in [-0.2, 0) is 0 Å². The Balaban J connectivity index is 3.37. The Morgan fingerprint density at radius 3 is 3.00 bits per heavy atom. The van der Waals surface area contributed by atoms with Crippen LogP contribution in [0.1, 0.15) is 0 Å². The van der Waals surface area contributed by atoms with Crippen molar-refractivity contribution >= 4 is 38.1 Å². The highest BCUT2D eigenvalue weighted by Crippen LogP contribution is 2.13. The Kier molecular flexibility index (Phi) is 2.71. The predicted octanol–water partition coefficient (Wildman–Crippen LogP) is -0.556. The average Bonchev–Trinajstić information content (AvgIpc) is 2.01. The van der Waals surface area contributed by atoms with Crippen molar-refractivity contribution in [2.75, 3.05) is 12.4 Å². The maximum absolute atomic E-state index is 11.2. The van der Waals surface area contributed by atoms with Crippen molar-refractivity contribution in [3.63, 3.8) is 0 Å². The van der Waals surface area contributed by atoms with Crippen molar-refractivity contribution in [2.24, 2.45) is 0 Å². The van der Waals surface area contributed by atoms with E-state index in [1.54, 1.807) is 13.2 Å². The van der Waals surface area contributed by atoms with Gasteiger partial charge in [-0.05, 0) is 15.9 Å². The summed E-state index contributed by atoms with van der Waals surface area (Å²) in [5.74, 6) is 0. The molecule has 0 bridgehead atoms. The largest absolute Gasteiger partial charge is 0.404 e. The first-order chi connectivity index (χ1) is 5.16. The predicted molar refractivity (Wildman–Crippen MR) is 49.7 cm³/mol. The van der Waals surface area contributed by atoms with Gasteiger partial charge in [-0.15, -0.1) is 0 Å². The Labute approximate surface area is 80.4 Å². The molecule has 0 aromatic carbocycles. The summed E-state index contributed by atoms with van der Waals surface area (Å²) in [6.07, 6.45) is 1.62. The van der Waals surface area contributed by atoms with Crippen LogP contribution in [0, 0.1) is 0 Å². The summed E-state index contributed by atoms with van der Waals surface area (Å²) in [5.41, 5.74) is 0.644. The molecule has 1 aromatic heterocycles. The van der Waals surface area contributed by atoms with Crippen LogP contribution in [0.25, 0.3) is 0 Å². The molecule has 0 amide bonds.